The normalized spacial score (nSPS) is 15.7. The van der Waals surface area contributed by atoms with E-state index in [1.54, 1.807) is 0 Å². The van der Waals surface area contributed by atoms with Crippen LogP contribution in [0.5, 0.6) is 0 Å². The first-order valence-corrected chi connectivity index (χ1v) is 7.95. The van der Waals surface area contributed by atoms with E-state index in [9.17, 15) is 4.79 Å². The van der Waals surface area contributed by atoms with Crippen molar-refractivity contribution in [2.24, 2.45) is 0 Å². The second kappa shape index (κ2) is 5.85. The van der Waals surface area contributed by atoms with E-state index in [-0.39, 0.29) is 11.2 Å². The Balaban J connectivity index is 1.79. The Hall–Kier alpha value is -1.89. The minimum atomic E-state index is -0.244. The van der Waals surface area contributed by atoms with Gasteiger partial charge in [0, 0.05) is 5.56 Å². The fourth-order valence-electron chi connectivity index (χ4n) is 3.01. The van der Waals surface area contributed by atoms with Gasteiger partial charge in [0.25, 0.3) is 0 Å². The maximum Gasteiger partial charge on any atom is 0.173 e. The molecule has 0 bridgehead atoms. The topological polar surface area (TPSA) is 17.1 Å². The van der Waals surface area contributed by atoms with Crippen LogP contribution >= 0.6 is 0 Å². The highest BCUT2D eigenvalue weighted by Crippen LogP contribution is 2.50. The first-order valence-electron chi connectivity index (χ1n) is 7.95. The van der Waals surface area contributed by atoms with Gasteiger partial charge in [0.15, 0.2) is 5.78 Å². The molecule has 0 N–H and O–H groups in total. The second-order valence-electron chi connectivity index (χ2n) is 6.08. The molecule has 1 heteroatoms. The Kier molecular flexibility index (Phi) is 3.92. The zero-order chi connectivity index (χ0) is 14.7. The first-order chi connectivity index (χ1) is 10.3. The fraction of sp³-hybridized carbons (Fsp3) is 0.350. The molecule has 0 spiro atoms. The Bertz CT molecular complexity index is 606. The lowest BCUT2D eigenvalue weighted by atomic mass is 9.87. The second-order valence-corrected chi connectivity index (χ2v) is 6.08. The van der Waals surface area contributed by atoms with E-state index in [2.05, 4.69) is 31.2 Å². The molecule has 2 aromatic rings. The average Bonchev–Trinajstić information content (AvgIpc) is 3.35. The number of rotatable bonds is 6. The lowest BCUT2D eigenvalue weighted by molar-refractivity contribution is 0.0946. The molecule has 0 unspecified atom stereocenters. The van der Waals surface area contributed by atoms with Gasteiger partial charge in [-0.1, -0.05) is 67.9 Å². The van der Waals surface area contributed by atoms with Gasteiger partial charge in [-0.2, -0.15) is 0 Å². The molecule has 21 heavy (non-hydrogen) atoms. The maximum absolute atomic E-state index is 12.9. The molecule has 0 atom stereocenters. The molecule has 1 saturated carbocycles. The highest BCUT2D eigenvalue weighted by molar-refractivity contribution is 6.06. The van der Waals surface area contributed by atoms with Gasteiger partial charge in [-0.15, -0.1) is 0 Å². The molecule has 2 aromatic carbocycles. The van der Waals surface area contributed by atoms with E-state index in [4.69, 9.17) is 0 Å². The van der Waals surface area contributed by atoms with E-state index < -0.39 is 0 Å². The van der Waals surface area contributed by atoms with Crippen LogP contribution in [0, 0.1) is 0 Å². The van der Waals surface area contributed by atoms with Crippen molar-refractivity contribution in [3.05, 3.63) is 71.3 Å². The molecule has 0 amide bonds. The first kappa shape index (κ1) is 14.1. The van der Waals surface area contributed by atoms with Crippen LogP contribution in [0.1, 0.15) is 54.1 Å². The number of aryl methyl sites for hydroxylation is 1. The molecule has 108 valence electrons. The summed E-state index contributed by atoms with van der Waals surface area (Å²) in [5.74, 6) is 0.288. The van der Waals surface area contributed by atoms with E-state index in [0.717, 1.165) is 24.8 Å². The SMILES string of the molecule is CCCCc1ccc(C(=O)C2(c3ccccc3)CC2)cc1. The fourth-order valence-corrected chi connectivity index (χ4v) is 3.01. The van der Waals surface area contributed by atoms with Crippen LogP contribution < -0.4 is 0 Å². The summed E-state index contributed by atoms with van der Waals surface area (Å²) in [6, 6.07) is 18.5. The minimum absolute atomic E-state index is 0.244. The monoisotopic (exact) mass is 278 g/mol. The number of benzene rings is 2. The smallest absolute Gasteiger partial charge is 0.173 e. The van der Waals surface area contributed by atoms with E-state index in [1.165, 1.54) is 24.0 Å². The van der Waals surface area contributed by atoms with Crippen LogP contribution in [-0.4, -0.2) is 5.78 Å². The van der Waals surface area contributed by atoms with Gasteiger partial charge in [0.2, 0.25) is 0 Å². The molecule has 0 saturated heterocycles. The molecule has 0 radical (unpaired) electrons. The van der Waals surface area contributed by atoms with Crippen molar-refractivity contribution >= 4 is 5.78 Å². The van der Waals surface area contributed by atoms with Crippen LogP contribution in [-0.2, 0) is 11.8 Å². The van der Waals surface area contributed by atoms with Gasteiger partial charge < -0.3 is 0 Å². The van der Waals surface area contributed by atoms with E-state index in [0.29, 0.717) is 0 Å². The van der Waals surface area contributed by atoms with Crippen molar-refractivity contribution in [2.45, 2.75) is 44.4 Å². The molecule has 1 fully saturated rings. The zero-order valence-electron chi connectivity index (χ0n) is 12.6. The minimum Gasteiger partial charge on any atom is -0.293 e. The van der Waals surface area contributed by atoms with Crippen molar-refractivity contribution in [2.75, 3.05) is 0 Å². The Morgan fingerprint density at radius 2 is 1.67 bits per heavy atom. The summed E-state index contributed by atoms with van der Waals surface area (Å²) in [5.41, 5.74) is 3.12. The number of ketones is 1. The molecule has 0 aromatic heterocycles. The van der Waals surface area contributed by atoms with E-state index >= 15 is 0 Å². The Morgan fingerprint density at radius 1 is 1.00 bits per heavy atom. The third-order valence-electron chi connectivity index (χ3n) is 4.55. The standard InChI is InChI=1S/C20H22O/c1-2-3-7-16-10-12-17(13-11-16)19(21)20(14-15-20)18-8-5-4-6-9-18/h4-6,8-13H,2-3,7,14-15H2,1H3. The number of carbonyl (C=O) groups excluding carboxylic acids is 1. The van der Waals surface area contributed by atoms with Crippen LogP contribution in [0.2, 0.25) is 0 Å². The summed E-state index contributed by atoms with van der Waals surface area (Å²) in [7, 11) is 0. The molecule has 1 aliphatic carbocycles. The lowest BCUT2D eigenvalue weighted by Gasteiger charge is -2.14. The summed E-state index contributed by atoms with van der Waals surface area (Å²) in [6.45, 7) is 2.20. The quantitative estimate of drug-likeness (QED) is 0.684. The predicted molar refractivity (Wildman–Crippen MR) is 86.7 cm³/mol. The summed E-state index contributed by atoms with van der Waals surface area (Å²) in [4.78, 5) is 12.9. The third kappa shape index (κ3) is 2.78. The van der Waals surface area contributed by atoms with Crippen molar-refractivity contribution in [3.8, 4) is 0 Å². The van der Waals surface area contributed by atoms with E-state index in [1.807, 2.05) is 30.3 Å². The molecule has 1 nitrogen and oxygen atoms in total. The third-order valence-corrected chi connectivity index (χ3v) is 4.55. The number of carbonyl (C=O) groups is 1. The highest BCUT2D eigenvalue weighted by Gasteiger charge is 2.50. The Labute approximate surface area is 127 Å². The number of Topliss-reactive ketones (excluding diaryl/α,β-unsaturated/α-hetero) is 1. The van der Waals surface area contributed by atoms with Crippen molar-refractivity contribution in [1.82, 2.24) is 0 Å². The van der Waals surface area contributed by atoms with Gasteiger partial charge in [-0.3, -0.25) is 4.79 Å². The average molecular weight is 278 g/mol. The summed E-state index contributed by atoms with van der Waals surface area (Å²) < 4.78 is 0. The molecular weight excluding hydrogens is 256 g/mol. The van der Waals surface area contributed by atoms with Gasteiger partial charge in [-0.05, 0) is 36.8 Å². The largest absolute Gasteiger partial charge is 0.293 e. The van der Waals surface area contributed by atoms with Gasteiger partial charge in [-0.25, -0.2) is 0 Å². The number of hydrogen-bond donors (Lipinski definition) is 0. The van der Waals surface area contributed by atoms with Crippen molar-refractivity contribution < 1.29 is 4.79 Å². The zero-order valence-corrected chi connectivity index (χ0v) is 12.6. The van der Waals surface area contributed by atoms with Crippen molar-refractivity contribution in [1.29, 1.82) is 0 Å². The summed E-state index contributed by atoms with van der Waals surface area (Å²) >= 11 is 0. The van der Waals surface area contributed by atoms with Crippen molar-refractivity contribution in [3.63, 3.8) is 0 Å². The van der Waals surface area contributed by atoms with Gasteiger partial charge in [0.05, 0.1) is 5.41 Å². The lowest BCUT2D eigenvalue weighted by Crippen LogP contribution is -2.20. The molecule has 0 aliphatic heterocycles. The molecular formula is C20H22O. The van der Waals surface area contributed by atoms with Crippen LogP contribution in [0.3, 0.4) is 0 Å². The summed E-state index contributed by atoms with van der Waals surface area (Å²) in [6.07, 6.45) is 5.48. The summed E-state index contributed by atoms with van der Waals surface area (Å²) in [5, 5.41) is 0. The van der Waals surface area contributed by atoms with Crippen LogP contribution in [0.25, 0.3) is 0 Å². The highest BCUT2D eigenvalue weighted by atomic mass is 16.1. The number of unbranched alkanes of at least 4 members (excludes halogenated alkanes) is 1. The van der Waals surface area contributed by atoms with Crippen LogP contribution in [0.4, 0.5) is 0 Å². The number of hydrogen-bond acceptors (Lipinski definition) is 1. The maximum atomic E-state index is 12.9. The Morgan fingerprint density at radius 3 is 2.24 bits per heavy atom. The van der Waals surface area contributed by atoms with Crippen LogP contribution in [0.15, 0.2) is 54.6 Å². The van der Waals surface area contributed by atoms with Gasteiger partial charge >= 0.3 is 0 Å². The predicted octanol–water partition coefficient (Wildman–Crippen LogP) is 4.94. The molecule has 1 aliphatic rings. The molecule has 0 heterocycles. The van der Waals surface area contributed by atoms with Gasteiger partial charge in [0.1, 0.15) is 0 Å². The molecule has 3 rings (SSSR count).